The van der Waals surface area contributed by atoms with Crippen molar-refractivity contribution in [2.75, 3.05) is 26.7 Å². The number of Topliss-reactive ketones (excluding diaryl/α,β-unsaturated/α-hetero) is 2. The number of fused-ring (bicyclic) bond motifs is 1. The molecule has 9 heteroatoms. The molecule has 0 bridgehead atoms. The fourth-order valence-electron chi connectivity index (χ4n) is 11.6. The van der Waals surface area contributed by atoms with E-state index in [4.69, 9.17) is 0 Å². The topological polar surface area (TPSA) is 124 Å². The zero-order valence-electron chi connectivity index (χ0n) is 31.7. The van der Waals surface area contributed by atoms with Crippen LogP contribution < -0.4 is 5.32 Å². The highest BCUT2D eigenvalue weighted by atomic mass is 16.4. The van der Waals surface area contributed by atoms with Crippen molar-refractivity contribution in [3.8, 4) is 0 Å². The zero-order valence-corrected chi connectivity index (χ0v) is 31.7. The average molecular weight is 694 g/mol. The van der Waals surface area contributed by atoms with Crippen molar-refractivity contribution in [1.82, 2.24) is 15.1 Å². The third kappa shape index (κ3) is 5.99. The van der Waals surface area contributed by atoms with Gasteiger partial charge >= 0.3 is 5.97 Å². The summed E-state index contributed by atoms with van der Waals surface area (Å²) in [6, 6.07) is -1.34. The summed E-state index contributed by atoms with van der Waals surface area (Å²) >= 11 is 0. The van der Waals surface area contributed by atoms with E-state index in [0.717, 1.165) is 70.8 Å². The Labute approximate surface area is 299 Å². The molecule has 4 saturated carbocycles. The Morgan fingerprint density at radius 2 is 1.64 bits per heavy atom. The van der Waals surface area contributed by atoms with E-state index in [-0.39, 0.29) is 70.2 Å². The second kappa shape index (κ2) is 13.1. The summed E-state index contributed by atoms with van der Waals surface area (Å²) in [5, 5.41) is 13.4. The third-order valence-corrected chi connectivity index (χ3v) is 15.3. The number of carboxylic acids is 1. The minimum atomic E-state index is -1.14. The van der Waals surface area contributed by atoms with Crippen LogP contribution in [0.5, 0.6) is 0 Å². The standard InChI is InChI=1S/C41H63N3O6/c1-8-28-21-39(28,36(49)50)23-32(46)30-22-41(38(5,6)40(41)17-13-18-40)25-44(30)35(48)29(37(2,3)4)20-31(45)33(26-14-10-9-11-15-26)42-34(47)27-16-12-19-43(7)24-27/h8,26-30,33H,1,9-25H2,2-7H3,(H,42,47)(H,49,50)/t27-,28-,29-,30+,33+,39-,41-/m1/s1. The van der Waals surface area contributed by atoms with E-state index in [1.165, 1.54) is 0 Å². The van der Waals surface area contributed by atoms with Gasteiger partial charge in [-0.25, -0.2) is 0 Å². The lowest BCUT2D eigenvalue weighted by Crippen LogP contribution is -2.53. The second-order valence-electron chi connectivity index (χ2n) is 19.1. The quantitative estimate of drug-likeness (QED) is 0.239. The lowest BCUT2D eigenvalue weighted by molar-refractivity contribution is -0.149. The molecular weight excluding hydrogens is 630 g/mol. The summed E-state index contributed by atoms with van der Waals surface area (Å²) in [4.78, 5) is 73.9. The van der Waals surface area contributed by atoms with Crippen LogP contribution in [0.15, 0.2) is 12.7 Å². The summed E-state index contributed by atoms with van der Waals surface area (Å²) < 4.78 is 0. The fourth-order valence-corrected chi connectivity index (χ4v) is 11.6. The van der Waals surface area contributed by atoms with E-state index >= 15 is 4.79 Å². The van der Waals surface area contributed by atoms with E-state index in [0.29, 0.717) is 25.9 Å². The fraction of sp³-hybridized carbons (Fsp3) is 0.829. The molecule has 0 unspecified atom stereocenters. The molecule has 6 aliphatic rings. The molecule has 0 aromatic carbocycles. The van der Waals surface area contributed by atoms with Crippen molar-refractivity contribution in [3.05, 3.63) is 12.7 Å². The van der Waals surface area contributed by atoms with E-state index in [1.807, 2.05) is 27.8 Å². The molecule has 50 heavy (non-hydrogen) atoms. The Balaban J connectivity index is 1.27. The van der Waals surface area contributed by atoms with Gasteiger partial charge in [0.05, 0.1) is 23.4 Å². The van der Waals surface area contributed by atoms with Gasteiger partial charge < -0.3 is 20.2 Å². The van der Waals surface area contributed by atoms with Crippen molar-refractivity contribution in [1.29, 1.82) is 0 Å². The van der Waals surface area contributed by atoms with Crippen molar-refractivity contribution < 1.29 is 29.1 Å². The molecular formula is C41H63N3O6. The minimum Gasteiger partial charge on any atom is -0.481 e. The van der Waals surface area contributed by atoms with Crippen molar-refractivity contribution in [3.63, 3.8) is 0 Å². The highest BCUT2D eigenvalue weighted by Crippen LogP contribution is 2.88. The van der Waals surface area contributed by atoms with Crippen molar-refractivity contribution in [2.45, 2.75) is 137 Å². The van der Waals surface area contributed by atoms with E-state index in [2.05, 4.69) is 30.6 Å². The molecule has 0 aromatic heterocycles. The van der Waals surface area contributed by atoms with Crippen LogP contribution in [0.4, 0.5) is 0 Å². The molecule has 0 radical (unpaired) electrons. The number of rotatable bonds is 12. The van der Waals surface area contributed by atoms with Crippen LogP contribution >= 0.6 is 0 Å². The number of amides is 2. The number of hydrogen-bond acceptors (Lipinski definition) is 6. The van der Waals surface area contributed by atoms with Gasteiger partial charge in [0, 0.05) is 37.3 Å². The molecule has 2 amide bonds. The summed E-state index contributed by atoms with van der Waals surface area (Å²) in [6.45, 7) is 16.5. The van der Waals surface area contributed by atoms with Gasteiger partial charge in [0.25, 0.3) is 0 Å². The number of ketones is 2. The minimum absolute atomic E-state index is 0.00486. The SMILES string of the molecule is C=C[C@@H]1C[C@]1(CC(=O)[C@@H]1C[C@@]2(CN1C(=O)[C@@H](CC(=O)[C@@H](NC(=O)[C@@H]1CCCN(C)C1)C1CCCCC1)C(C)(C)C)C(C)(C)C21CCC1)C(=O)O. The monoisotopic (exact) mass is 693 g/mol. The van der Waals surface area contributed by atoms with Crippen molar-refractivity contribution in [2.24, 2.45) is 50.7 Å². The van der Waals surface area contributed by atoms with Gasteiger partial charge in [0.1, 0.15) is 0 Å². The van der Waals surface area contributed by atoms with Crippen LogP contribution in [0.1, 0.15) is 125 Å². The Morgan fingerprint density at radius 1 is 0.960 bits per heavy atom. The number of carboxylic acid groups (broad SMARTS) is 1. The predicted molar refractivity (Wildman–Crippen MR) is 192 cm³/mol. The number of carbonyl (C=O) groups excluding carboxylic acids is 4. The lowest BCUT2D eigenvalue weighted by Gasteiger charge is -2.37. The van der Waals surface area contributed by atoms with Crippen molar-refractivity contribution >= 4 is 29.4 Å². The smallest absolute Gasteiger partial charge is 0.310 e. The van der Waals surface area contributed by atoms with Gasteiger partial charge in [-0.2, -0.15) is 0 Å². The van der Waals surface area contributed by atoms with E-state index in [9.17, 15) is 24.3 Å². The summed E-state index contributed by atoms with van der Waals surface area (Å²) in [5.41, 5.74) is -1.85. The Bertz CT molecular complexity index is 1400. The Morgan fingerprint density at radius 3 is 2.16 bits per heavy atom. The predicted octanol–water partition coefficient (Wildman–Crippen LogP) is 6.05. The first-order chi connectivity index (χ1) is 23.4. The third-order valence-electron chi connectivity index (χ3n) is 15.3. The molecule has 2 aliphatic heterocycles. The summed E-state index contributed by atoms with van der Waals surface area (Å²) in [6.07, 6.45) is 12.5. The molecule has 4 aliphatic carbocycles. The molecule has 6 fully saturated rings. The molecule has 2 saturated heterocycles. The number of aliphatic carboxylic acids is 1. The number of nitrogens with one attached hydrogen (secondary N) is 1. The highest BCUT2D eigenvalue weighted by Gasteiger charge is 2.85. The number of nitrogens with zero attached hydrogens (tertiary/aromatic N) is 2. The van der Waals surface area contributed by atoms with Crippen LogP contribution in [0.2, 0.25) is 0 Å². The molecule has 278 valence electrons. The maximum absolute atomic E-state index is 15.0. The highest BCUT2D eigenvalue weighted by molar-refractivity contribution is 5.97. The molecule has 6 rings (SSSR count). The number of piperidine rings is 1. The van der Waals surface area contributed by atoms with Crippen LogP contribution in [-0.2, 0) is 24.0 Å². The molecule has 0 aromatic rings. The molecule has 2 N–H and O–H groups in total. The number of allylic oxidation sites excluding steroid dienone is 1. The lowest BCUT2D eigenvalue weighted by atomic mass is 9.73. The molecule has 9 nitrogen and oxygen atoms in total. The first kappa shape index (κ1) is 37.2. The second-order valence-corrected chi connectivity index (χ2v) is 19.1. The first-order valence-corrected chi connectivity index (χ1v) is 19.7. The van der Waals surface area contributed by atoms with Crippen LogP contribution in [0.25, 0.3) is 0 Å². The first-order valence-electron chi connectivity index (χ1n) is 19.7. The molecule has 7 atom stereocenters. The van der Waals surface area contributed by atoms with Crippen LogP contribution in [0.3, 0.4) is 0 Å². The van der Waals surface area contributed by atoms with Gasteiger partial charge in [0.2, 0.25) is 11.8 Å². The summed E-state index contributed by atoms with van der Waals surface area (Å²) in [7, 11) is 2.03. The molecule has 2 heterocycles. The van der Waals surface area contributed by atoms with Gasteiger partial charge in [-0.05, 0) is 93.0 Å². The van der Waals surface area contributed by atoms with Crippen LogP contribution in [-0.4, -0.2) is 83.0 Å². The largest absolute Gasteiger partial charge is 0.481 e. The van der Waals surface area contributed by atoms with E-state index in [1.54, 1.807) is 11.0 Å². The van der Waals surface area contributed by atoms with Gasteiger partial charge in [-0.15, -0.1) is 6.58 Å². The number of likely N-dealkylation sites (tertiary alicyclic amines) is 2. The van der Waals surface area contributed by atoms with Gasteiger partial charge in [-0.1, -0.05) is 66.4 Å². The Kier molecular flexibility index (Phi) is 9.78. The zero-order chi connectivity index (χ0) is 36.4. The summed E-state index contributed by atoms with van der Waals surface area (Å²) in [5.74, 6) is -2.50. The molecule has 2 spiro atoms. The Hall–Kier alpha value is -2.55. The van der Waals surface area contributed by atoms with Gasteiger partial charge in [0.15, 0.2) is 11.6 Å². The van der Waals surface area contributed by atoms with Crippen LogP contribution in [0, 0.1) is 50.7 Å². The maximum Gasteiger partial charge on any atom is 0.310 e. The number of hydrogen-bond donors (Lipinski definition) is 2. The van der Waals surface area contributed by atoms with Gasteiger partial charge in [-0.3, -0.25) is 24.0 Å². The average Bonchev–Trinajstić information content (AvgIpc) is 3.77. The normalized spacial score (nSPS) is 34.4. The maximum atomic E-state index is 15.0. The van der Waals surface area contributed by atoms with E-state index < -0.39 is 34.8 Å². The number of carbonyl (C=O) groups is 5.